The molecule has 141 valence electrons. The third-order valence-corrected chi connectivity index (χ3v) is 4.48. The Balaban J connectivity index is 0.00000364. The Labute approximate surface area is 196 Å². The number of ether oxygens (including phenoxy) is 2. The van der Waals surface area contributed by atoms with Crippen LogP contribution >= 0.6 is 11.3 Å². The van der Waals surface area contributed by atoms with Gasteiger partial charge in [0.2, 0.25) is 0 Å². The first kappa shape index (κ1) is 23.7. The molecule has 0 unspecified atom stereocenters. The van der Waals surface area contributed by atoms with Crippen molar-refractivity contribution < 1.29 is 58.3 Å². The van der Waals surface area contributed by atoms with Crippen LogP contribution in [0.25, 0.3) is 16.2 Å². The Morgan fingerprint density at radius 3 is 2.78 bits per heavy atom. The van der Waals surface area contributed by atoms with Crippen LogP contribution in [0, 0.1) is 44.1 Å². The van der Waals surface area contributed by atoms with E-state index >= 15 is 0 Å². The summed E-state index contributed by atoms with van der Waals surface area (Å²) in [7, 11) is 3.01. The monoisotopic (exact) mass is 602 g/mol. The third-order valence-electron chi connectivity index (χ3n) is 3.57. The van der Waals surface area contributed by atoms with Gasteiger partial charge in [-0.1, -0.05) is 11.5 Å². The summed E-state index contributed by atoms with van der Waals surface area (Å²) >= 11 is 1.29. The standard InChI is InChI=1S/C16H19N6O3S.Ac/c1-24-12-4-5-13(14(8-12)25-2)15(23)20-16-22(7-3-6-17)11(10-26-16)9-19-21-18;/h4-5,8,10,17H,3,6-7,9H2,1-2H3;/q-1;. The van der Waals surface area contributed by atoms with Crippen LogP contribution in [0.4, 0.5) is 0 Å². The Morgan fingerprint density at radius 1 is 1.37 bits per heavy atom. The summed E-state index contributed by atoms with van der Waals surface area (Å²) < 4.78 is 12.2. The van der Waals surface area contributed by atoms with Crippen LogP contribution in [-0.2, 0) is 13.1 Å². The van der Waals surface area contributed by atoms with Gasteiger partial charge in [0.1, 0.15) is 11.5 Å². The van der Waals surface area contributed by atoms with Crippen LogP contribution in [0.15, 0.2) is 33.7 Å². The van der Waals surface area contributed by atoms with Crippen molar-refractivity contribution in [1.29, 1.82) is 0 Å². The van der Waals surface area contributed by atoms with E-state index in [1.807, 2.05) is 4.57 Å². The number of hydrogen-bond acceptors (Lipinski definition) is 5. The SMILES string of the molecule is COc1ccc(C(=O)N=c2scc(CN=[N+]=[N-])n2CCC[NH-])c(OC)c1.[Ac]. The fraction of sp³-hybridized carbons (Fsp3) is 0.375. The number of aromatic nitrogens is 1. The minimum atomic E-state index is -0.443. The van der Waals surface area contributed by atoms with Gasteiger partial charge in [-0.15, -0.1) is 17.9 Å². The summed E-state index contributed by atoms with van der Waals surface area (Å²) in [6.07, 6.45) is 0.604. The van der Waals surface area contributed by atoms with Gasteiger partial charge in [-0.05, 0) is 17.7 Å². The quantitative estimate of drug-likeness (QED) is 0.261. The largest absolute Gasteiger partial charge is 0.677 e. The average Bonchev–Trinajstić information content (AvgIpc) is 3.05. The van der Waals surface area contributed by atoms with E-state index in [0.29, 0.717) is 34.8 Å². The molecule has 0 aliphatic rings. The van der Waals surface area contributed by atoms with Crippen LogP contribution in [0.2, 0.25) is 0 Å². The molecule has 0 atom stereocenters. The van der Waals surface area contributed by atoms with Gasteiger partial charge in [0, 0.05) is 72.7 Å². The third kappa shape index (κ3) is 6.33. The molecule has 1 N–H and O–H groups in total. The van der Waals surface area contributed by atoms with Crippen molar-refractivity contribution in [3.05, 3.63) is 55.8 Å². The van der Waals surface area contributed by atoms with E-state index in [1.54, 1.807) is 23.6 Å². The van der Waals surface area contributed by atoms with E-state index in [0.717, 1.165) is 5.69 Å². The molecular weight excluding hydrogens is 583 g/mol. The number of nitrogens with zero attached hydrogens (tertiary/aromatic N) is 5. The number of amides is 1. The number of carbonyl (C=O) groups excluding carboxylic acids is 1. The second kappa shape index (κ2) is 12.2. The number of azide groups is 1. The van der Waals surface area contributed by atoms with Gasteiger partial charge in [-0.2, -0.15) is 4.99 Å². The van der Waals surface area contributed by atoms with E-state index in [1.165, 1.54) is 25.6 Å². The second-order valence-electron chi connectivity index (χ2n) is 5.14. The predicted molar refractivity (Wildman–Crippen MR) is 98.4 cm³/mol. The molecule has 0 saturated carbocycles. The van der Waals surface area contributed by atoms with Gasteiger partial charge in [0.05, 0.1) is 26.3 Å². The second-order valence-corrected chi connectivity index (χ2v) is 5.97. The van der Waals surface area contributed by atoms with E-state index in [2.05, 4.69) is 15.0 Å². The molecule has 0 bridgehead atoms. The maximum atomic E-state index is 12.6. The van der Waals surface area contributed by atoms with Crippen LogP contribution in [-0.4, -0.2) is 31.2 Å². The van der Waals surface area contributed by atoms with E-state index < -0.39 is 5.91 Å². The van der Waals surface area contributed by atoms with Crippen LogP contribution < -0.4 is 14.3 Å². The number of nitrogens with one attached hydrogen (secondary N) is 1. The Kier molecular flexibility index (Phi) is 10.7. The molecule has 1 aromatic carbocycles. The minimum Gasteiger partial charge on any atom is -0.677 e. The molecule has 2 aromatic rings. The van der Waals surface area contributed by atoms with Gasteiger partial charge in [0.25, 0.3) is 5.91 Å². The summed E-state index contributed by atoms with van der Waals surface area (Å²) in [6.45, 7) is 0.944. The van der Waals surface area contributed by atoms with Gasteiger partial charge < -0.3 is 19.8 Å². The zero-order valence-electron chi connectivity index (χ0n) is 15.1. The van der Waals surface area contributed by atoms with Crippen molar-refractivity contribution in [2.75, 3.05) is 20.8 Å². The first-order valence-electron chi connectivity index (χ1n) is 7.78. The van der Waals surface area contributed by atoms with Crippen LogP contribution in [0.3, 0.4) is 0 Å². The van der Waals surface area contributed by atoms with E-state index in [9.17, 15) is 4.79 Å². The molecule has 0 aliphatic carbocycles. The van der Waals surface area contributed by atoms with E-state index in [-0.39, 0.29) is 57.2 Å². The molecule has 0 fully saturated rings. The molecule has 0 spiro atoms. The number of benzene rings is 1. The number of thiazole rings is 1. The van der Waals surface area contributed by atoms with Gasteiger partial charge >= 0.3 is 0 Å². The number of carbonyl (C=O) groups is 1. The van der Waals surface area contributed by atoms with Gasteiger partial charge in [-0.25, -0.2) is 0 Å². The van der Waals surface area contributed by atoms with Crippen molar-refractivity contribution >= 4 is 17.2 Å². The fourth-order valence-electron chi connectivity index (χ4n) is 2.28. The number of methoxy groups -OCH3 is 2. The molecule has 1 heterocycles. The van der Waals surface area contributed by atoms with Gasteiger partial charge in [-0.3, -0.25) is 4.79 Å². The molecule has 1 radical (unpaired) electrons. The topological polar surface area (TPSA) is 125 Å². The van der Waals surface area contributed by atoms with Crippen molar-refractivity contribution in [1.82, 2.24) is 4.57 Å². The van der Waals surface area contributed by atoms with Crippen molar-refractivity contribution in [3.63, 3.8) is 0 Å². The molecule has 9 nitrogen and oxygen atoms in total. The normalized spacial score (nSPS) is 10.7. The Hall–Kier alpha value is -1.37. The molecule has 0 aliphatic heterocycles. The first-order chi connectivity index (χ1) is 12.6. The average molecular weight is 602 g/mol. The van der Waals surface area contributed by atoms with Gasteiger partial charge in [0.15, 0.2) is 4.80 Å². The van der Waals surface area contributed by atoms with Crippen molar-refractivity contribution in [3.8, 4) is 11.5 Å². The first-order valence-corrected chi connectivity index (χ1v) is 8.66. The fourth-order valence-corrected chi connectivity index (χ4v) is 3.20. The molecule has 11 heteroatoms. The number of hydrogen-bond donors (Lipinski definition) is 0. The van der Waals surface area contributed by atoms with Crippen LogP contribution in [0.1, 0.15) is 22.5 Å². The van der Waals surface area contributed by atoms with E-state index in [4.69, 9.17) is 20.7 Å². The summed E-state index contributed by atoms with van der Waals surface area (Å²) in [4.78, 5) is 20.1. The smallest absolute Gasteiger partial charge is 0.283 e. The minimum absolute atomic E-state index is 0. The molecule has 0 saturated heterocycles. The zero-order valence-corrected chi connectivity index (χ0v) is 20.6. The van der Waals surface area contributed by atoms with Crippen molar-refractivity contribution in [2.45, 2.75) is 19.5 Å². The molecule has 27 heavy (non-hydrogen) atoms. The summed E-state index contributed by atoms with van der Waals surface area (Å²) in [6, 6.07) is 4.89. The maximum absolute atomic E-state index is 12.6. The van der Waals surface area contributed by atoms with Crippen molar-refractivity contribution in [2.24, 2.45) is 10.1 Å². The molecule has 1 aromatic heterocycles. The summed E-state index contributed by atoms with van der Waals surface area (Å²) in [5, 5.41) is 5.37. The Bertz CT molecular complexity index is 889. The zero-order chi connectivity index (χ0) is 18.9. The number of rotatable bonds is 8. The Morgan fingerprint density at radius 2 is 2.15 bits per heavy atom. The summed E-state index contributed by atoms with van der Waals surface area (Å²) in [5.41, 5.74) is 16.9. The van der Waals surface area contributed by atoms with Crippen LogP contribution in [0.5, 0.6) is 11.5 Å². The molecule has 1 amide bonds. The maximum Gasteiger partial charge on any atom is 0.283 e. The predicted octanol–water partition coefficient (Wildman–Crippen LogP) is 3.56. The molecular formula is C16H19AcN6O3S-. The summed E-state index contributed by atoms with van der Waals surface area (Å²) in [5.74, 6) is 0.514. The molecule has 2 rings (SSSR count).